The largest absolute Gasteiger partial charge is 0.574 e. The molecule has 0 aliphatic rings. The molecule has 9 heteroatoms. The first-order chi connectivity index (χ1) is 7.74. The van der Waals surface area contributed by atoms with E-state index in [0.717, 1.165) is 0 Å². The summed E-state index contributed by atoms with van der Waals surface area (Å²) in [7, 11) is 0. The van der Waals surface area contributed by atoms with E-state index in [1.165, 1.54) is 4.98 Å². The molecule has 0 aliphatic heterocycles. The highest BCUT2D eigenvalue weighted by Gasteiger charge is 2.34. The summed E-state index contributed by atoms with van der Waals surface area (Å²) in [4.78, 5) is 23.1. The summed E-state index contributed by atoms with van der Waals surface area (Å²) < 4.78 is 51.2. The molecule has 0 bridgehead atoms. The predicted octanol–water partition coefficient (Wildman–Crippen LogP) is 1.44. The molecule has 0 amide bonds. The number of hydrogen-bond acceptors (Lipinski definition) is 3. The van der Waals surface area contributed by atoms with Crippen molar-refractivity contribution in [1.82, 2.24) is 4.98 Å². The van der Waals surface area contributed by atoms with E-state index in [4.69, 9.17) is 5.11 Å². The molecular formula is C8H5F4NO4. The number of carboxylic acids is 1. The number of rotatable bonds is 3. The number of aromatic amines is 1. The van der Waals surface area contributed by atoms with Gasteiger partial charge in [-0.2, -0.15) is 0 Å². The Kier molecular flexibility index (Phi) is 3.39. The summed E-state index contributed by atoms with van der Waals surface area (Å²) in [6.07, 6.45) is -5.16. The molecule has 0 fully saturated rings. The summed E-state index contributed by atoms with van der Waals surface area (Å²) in [6, 6.07) is 0.488. The highest BCUT2D eigenvalue weighted by molar-refractivity contribution is 5.90. The smallest absolute Gasteiger partial charge is 0.477 e. The Bertz CT molecular complexity index is 493. The number of H-pyrrole nitrogens is 1. The standard InChI is InChI=1S/C8H5F4NO4/c9-2-3-1-4(7(15)16)6(13-5(3)14)17-8(10,11)12/h1H,2H2,(H,13,14)(H,15,16). The Labute approximate surface area is 90.6 Å². The lowest BCUT2D eigenvalue weighted by Crippen LogP contribution is -2.24. The Hall–Kier alpha value is -2.06. The van der Waals surface area contributed by atoms with Gasteiger partial charge in [0.1, 0.15) is 12.2 Å². The van der Waals surface area contributed by atoms with Gasteiger partial charge in [-0.3, -0.25) is 9.78 Å². The molecule has 0 unspecified atom stereocenters. The zero-order valence-electron chi connectivity index (χ0n) is 7.97. The number of nitrogens with one attached hydrogen (secondary N) is 1. The molecule has 5 nitrogen and oxygen atoms in total. The van der Waals surface area contributed by atoms with Crippen molar-refractivity contribution in [2.45, 2.75) is 13.0 Å². The number of hydrogen-bond donors (Lipinski definition) is 2. The van der Waals surface area contributed by atoms with Gasteiger partial charge < -0.3 is 9.84 Å². The Morgan fingerprint density at radius 2 is 2.06 bits per heavy atom. The molecular weight excluding hydrogens is 250 g/mol. The second kappa shape index (κ2) is 4.44. The van der Waals surface area contributed by atoms with Gasteiger partial charge in [0.2, 0.25) is 5.88 Å². The minimum atomic E-state index is -5.16. The van der Waals surface area contributed by atoms with E-state index in [1.807, 2.05) is 0 Å². The summed E-state index contributed by atoms with van der Waals surface area (Å²) >= 11 is 0. The molecule has 1 heterocycles. The van der Waals surface area contributed by atoms with E-state index in [-0.39, 0.29) is 0 Å². The Morgan fingerprint density at radius 3 is 2.47 bits per heavy atom. The number of carbonyl (C=O) groups is 1. The monoisotopic (exact) mass is 255 g/mol. The summed E-state index contributed by atoms with van der Waals surface area (Å²) in [5, 5.41) is 8.58. The molecule has 0 saturated heterocycles. The Balaban J connectivity index is 3.33. The summed E-state index contributed by atoms with van der Waals surface area (Å²) in [5.41, 5.74) is -2.76. The maximum Gasteiger partial charge on any atom is 0.574 e. The van der Waals surface area contributed by atoms with Gasteiger partial charge in [0.25, 0.3) is 5.56 Å². The third-order valence-electron chi connectivity index (χ3n) is 1.67. The summed E-state index contributed by atoms with van der Waals surface area (Å²) in [6.45, 7) is -1.30. The second-order valence-corrected chi connectivity index (χ2v) is 2.85. The van der Waals surface area contributed by atoms with E-state index < -0.39 is 41.6 Å². The molecule has 1 aromatic heterocycles. The first-order valence-corrected chi connectivity index (χ1v) is 4.06. The van der Waals surface area contributed by atoms with Gasteiger partial charge >= 0.3 is 12.3 Å². The van der Waals surface area contributed by atoms with Gasteiger partial charge in [-0.15, -0.1) is 13.2 Å². The van der Waals surface area contributed by atoms with Crippen molar-refractivity contribution in [3.05, 3.63) is 27.5 Å². The second-order valence-electron chi connectivity index (χ2n) is 2.85. The Morgan fingerprint density at radius 1 is 1.47 bits per heavy atom. The van der Waals surface area contributed by atoms with Crippen LogP contribution in [0.25, 0.3) is 0 Å². The maximum absolute atomic E-state index is 12.2. The zero-order chi connectivity index (χ0) is 13.2. The number of pyridine rings is 1. The van der Waals surface area contributed by atoms with Crippen LogP contribution in [0.1, 0.15) is 15.9 Å². The fourth-order valence-electron chi connectivity index (χ4n) is 1.01. The lowest BCUT2D eigenvalue weighted by atomic mass is 10.2. The minimum absolute atomic E-state index is 0.488. The average Bonchev–Trinajstić information content (AvgIpc) is 2.14. The van der Waals surface area contributed by atoms with Crippen LogP contribution in [-0.4, -0.2) is 22.4 Å². The van der Waals surface area contributed by atoms with Crippen molar-refractivity contribution in [2.24, 2.45) is 0 Å². The normalized spacial score (nSPS) is 11.3. The number of halogens is 4. The van der Waals surface area contributed by atoms with E-state index in [1.54, 1.807) is 0 Å². The number of alkyl halides is 4. The summed E-state index contributed by atoms with van der Waals surface area (Å²) in [5.74, 6) is -3.07. The van der Waals surface area contributed by atoms with Crippen LogP contribution < -0.4 is 10.3 Å². The fourth-order valence-corrected chi connectivity index (χ4v) is 1.01. The molecule has 94 valence electrons. The SMILES string of the molecule is O=C(O)c1cc(CF)c(=O)[nH]c1OC(F)(F)F. The van der Waals surface area contributed by atoms with E-state index in [9.17, 15) is 27.2 Å². The van der Waals surface area contributed by atoms with Crippen molar-refractivity contribution in [3.8, 4) is 5.88 Å². The van der Waals surface area contributed by atoms with Gasteiger partial charge in [-0.1, -0.05) is 0 Å². The molecule has 0 aliphatic carbocycles. The zero-order valence-corrected chi connectivity index (χ0v) is 7.97. The van der Waals surface area contributed by atoms with E-state index in [0.29, 0.717) is 6.07 Å². The van der Waals surface area contributed by atoms with Gasteiger partial charge in [0.05, 0.1) is 0 Å². The van der Waals surface area contributed by atoms with Gasteiger partial charge in [-0.25, -0.2) is 9.18 Å². The van der Waals surface area contributed by atoms with Crippen LogP contribution in [0, 0.1) is 0 Å². The molecule has 1 rings (SSSR count). The fraction of sp³-hybridized carbons (Fsp3) is 0.250. The van der Waals surface area contributed by atoms with Gasteiger partial charge in [0.15, 0.2) is 0 Å². The highest BCUT2D eigenvalue weighted by Crippen LogP contribution is 2.23. The van der Waals surface area contributed by atoms with Crippen molar-refractivity contribution in [1.29, 1.82) is 0 Å². The molecule has 0 aromatic carbocycles. The molecule has 0 radical (unpaired) electrons. The van der Waals surface area contributed by atoms with Crippen molar-refractivity contribution >= 4 is 5.97 Å². The molecule has 0 saturated carbocycles. The van der Waals surface area contributed by atoms with Gasteiger partial charge in [0, 0.05) is 5.56 Å². The number of aromatic nitrogens is 1. The van der Waals surface area contributed by atoms with Crippen molar-refractivity contribution in [3.63, 3.8) is 0 Å². The van der Waals surface area contributed by atoms with Crippen LogP contribution in [0.4, 0.5) is 17.6 Å². The number of aromatic carboxylic acids is 1. The van der Waals surface area contributed by atoms with Crippen LogP contribution in [0.5, 0.6) is 5.88 Å². The van der Waals surface area contributed by atoms with Crippen LogP contribution in [0.2, 0.25) is 0 Å². The molecule has 2 N–H and O–H groups in total. The number of carboxylic acid groups (broad SMARTS) is 1. The van der Waals surface area contributed by atoms with Crippen molar-refractivity contribution in [2.75, 3.05) is 0 Å². The van der Waals surface area contributed by atoms with Crippen LogP contribution in [0.3, 0.4) is 0 Å². The first-order valence-electron chi connectivity index (χ1n) is 4.06. The van der Waals surface area contributed by atoms with Crippen LogP contribution >= 0.6 is 0 Å². The third kappa shape index (κ3) is 3.20. The molecule has 0 atom stereocenters. The van der Waals surface area contributed by atoms with Crippen molar-refractivity contribution < 1.29 is 32.2 Å². The average molecular weight is 255 g/mol. The topological polar surface area (TPSA) is 79.4 Å². The molecule has 0 spiro atoms. The van der Waals surface area contributed by atoms with Crippen LogP contribution in [-0.2, 0) is 6.67 Å². The molecule has 17 heavy (non-hydrogen) atoms. The van der Waals surface area contributed by atoms with Crippen LogP contribution in [0.15, 0.2) is 10.9 Å². The maximum atomic E-state index is 12.2. The number of ether oxygens (including phenoxy) is 1. The predicted molar refractivity (Wildman–Crippen MR) is 45.5 cm³/mol. The van der Waals surface area contributed by atoms with E-state index in [2.05, 4.69) is 4.74 Å². The molecule has 1 aromatic rings. The van der Waals surface area contributed by atoms with E-state index >= 15 is 0 Å². The van der Waals surface area contributed by atoms with Gasteiger partial charge in [-0.05, 0) is 6.07 Å². The first kappa shape index (κ1) is 13.0. The minimum Gasteiger partial charge on any atom is -0.477 e. The quantitative estimate of drug-likeness (QED) is 0.801. The lowest BCUT2D eigenvalue weighted by Gasteiger charge is -2.11. The highest BCUT2D eigenvalue weighted by atomic mass is 19.4. The third-order valence-corrected chi connectivity index (χ3v) is 1.67. The lowest BCUT2D eigenvalue weighted by molar-refractivity contribution is -0.276.